The molecule has 18 heavy (non-hydrogen) atoms. The molecule has 96 valence electrons. The van der Waals surface area contributed by atoms with Crippen molar-refractivity contribution in [2.24, 2.45) is 0 Å². The summed E-state index contributed by atoms with van der Waals surface area (Å²) in [7, 11) is 1.99. The van der Waals surface area contributed by atoms with Gasteiger partial charge in [0, 0.05) is 30.4 Å². The van der Waals surface area contributed by atoms with E-state index in [4.69, 9.17) is 11.6 Å². The number of carbonyl (C=O) groups is 1. The molecule has 1 amide bonds. The van der Waals surface area contributed by atoms with Crippen molar-refractivity contribution in [2.45, 2.75) is 19.8 Å². The summed E-state index contributed by atoms with van der Waals surface area (Å²) in [5.74, 6) is -0.0596. The molecule has 4 heteroatoms. The standard InChI is InChI=1S/C14H17ClN2O/c1-3-4-7-17(2)9-12-11-6-5-10(15)8-13(11)16-14(12)18/h5-6,8-9H,3-4,7H2,1-2H3,(H,16,18)/b12-9+. The van der Waals surface area contributed by atoms with Gasteiger partial charge in [-0.15, -0.1) is 0 Å². The summed E-state index contributed by atoms with van der Waals surface area (Å²) in [6, 6.07) is 5.47. The predicted octanol–water partition coefficient (Wildman–Crippen LogP) is 3.36. The third kappa shape index (κ3) is 2.67. The fourth-order valence-electron chi connectivity index (χ4n) is 1.99. The molecular formula is C14H17ClN2O. The van der Waals surface area contributed by atoms with Crippen LogP contribution in [0.15, 0.2) is 24.4 Å². The number of hydrogen-bond acceptors (Lipinski definition) is 2. The van der Waals surface area contributed by atoms with Crippen LogP contribution in [-0.2, 0) is 4.79 Å². The quantitative estimate of drug-likeness (QED) is 0.846. The van der Waals surface area contributed by atoms with Crippen LogP contribution in [0, 0.1) is 0 Å². The van der Waals surface area contributed by atoms with E-state index in [1.807, 2.05) is 19.3 Å². The molecule has 1 aromatic carbocycles. The number of unbranched alkanes of at least 4 members (excludes halogenated alkanes) is 1. The number of halogens is 1. The maximum absolute atomic E-state index is 11.9. The average Bonchev–Trinajstić information content (AvgIpc) is 2.62. The lowest BCUT2D eigenvalue weighted by atomic mass is 10.1. The number of nitrogens with zero attached hydrogens (tertiary/aromatic N) is 1. The molecule has 0 fully saturated rings. The SMILES string of the molecule is CCCCN(C)/C=C1/C(=O)Nc2cc(Cl)ccc21. The lowest BCUT2D eigenvalue weighted by Crippen LogP contribution is -2.14. The van der Waals surface area contributed by atoms with E-state index in [0.29, 0.717) is 10.6 Å². The van der Waals surface area contributed by atoms with E-state index >= 15 is 0 Å². The van der Waals surface area contributed by atoms with Gasteiger partial charge >= 0.3 is 0 Å². The number of rotatable bonds is 4. The minimum Gasteiger partial charge on any atom is -0.380 e. The van der Waals surface area contributed by atoms with E-state index in [1.165, 1.54) is 0 Å². The molecule has 1 aliphatic heterocycles. The van der Waals surface area contributed by atoms with Crippen LogP contribution < -0.4 is 5.32 Å². The first-order chi connectivity index (χ1) is 8.61. The fraction of sp³-hybridized carbons (Fsp3) is 0.357. The van der Waals surface area contributed by atoms with Gasteiger partial charge in [0.05, 0.1) is 11.3 Å². The molecule has 1 aliphatic rings. The molecule has 0 saturated carbocycles. The molecule has 3 nitrogen and oxygen atoms in total. The highest BCUT2D eigenvalue weighted by molar-refractivity contribution is 6.34. The molecule has 0 aromatic heterocycles. The van der Waals surface area contributed by atoms with Crippen molar-refractivity contribution in [1.82, 2.24) is 4.90 Å². The Hall–Kier alpha value is -1.48. The Morgan fingerprint density at radius 3 is 2.94 bits per heavy atom. The number of hydrogen-bond donors (Lipinski definition) is 1. The first-order valence-corrected chi connectivity index (χ1v) is 6.53. The molecule has 0 radical (unpaired) electrons. The van der Waals surface area contributed by atoms with E-state index in [-0.39, 0.29) is 5.91 Å². The predicted molar refractivity (Wildman–Crippen MR) is 75.6 cm³/mol. The number of nitrogens with one attached hydrogen (secondary N) is 1. The first-order valence-electron chi connectivity index (χ1n) is 6.15. The number of carbonyl (C=O) groups excluding carboxylic acids is 1. The van der Waals surface area contributed by atoms with E-state index in [0.717, 1.165) is 30.6 Å². The molecule has 0 saturated heterocycles. The summed E-state index contributed by atoms with van der Waals surface area (Å²) in [5, 5.41) is 3.47. The van der Waals surface area contributed by atoms with Gasteiger partial charge in [-0.05, 0) is 18.6 Å². The lowest BCUT2D eigenvalue weighted by Gasteiger charge is -2.14. The molecule has 0 bridgehead atoms. The second-order valence-electron chi connectivity index (χ2n) is 4.52. The van der Waals surface area contributed by atoms with Gasteiger partial charge in [-0.2, -0.15) is 0 Å². The Balaban J connectivity index is 2.24. The molecular weight excluding hydrogens is 248 g/mol. The number of amides is 1. The van der Waals surface area contributed by atoms with E-state index in [1.54, 1.807) is 12.1 Å². The molecule has 1 heterocycles. The zero-order chi connectivity index (χ0) is 13.1. The van der Waals surface area contributed by atoms with E-state index in [9.17, 15) is 4.79 Å². The van der Waals surface area contributed by atoms with Crippen LogP contribution >= 0.6 is 11.6 Å². The van der Waals surface area contributed by atoms with Crippen molar-refractivity contribution < 1.29 is 4.79 Å². The van der Waals surface area contributed by atoms with Gasteiger partial charge in [0.25, 0.3) is 5.91 Å². The Kier molecular flexibility index (Phi) is 3.92. The minimum atomic E-state index is -0.0596. The van der Waals surface area contributed by atoms with Crippen molar-refractivity contribution in [3.8, 4) is 0 Å². The normalized spacial score (nSPS) is 15.7. The summed E-state index contributed by atoms with van der Waals surface area (Å²) < 4.78 is 0. The zero-order valence-corrected chi connectivity index (χ0v) is 11.4. The Morgan fingerprint density at radius 1 is 1.44 bits per heavy atom. The second-order valence-corrected chi connectivity index (χ2v) is 4.96. The Morgan fingerprint density at radius 2 is 2.22 bits per heavy atom. The summed E-state index contributed by atoms with van der Waals surface area (Å²) in [4.78, 5) is 14.0. The van der Waals surface area contributed by atoms with Crippen LogP contribution in [0.4, 0.5) is 5.69 Å². The zero-order valence-electron chi connectivity index (χ0n) is 10.7. The van der Waals surface area contributed by atoms with E-state index < -0.39 is 0 Å². The van der Waals surface area contributed by atoms with Crippen LogP contribution in [0.2, 0.25) is 5.02 Å². The molecule has 1 aromatic rings. The van der Waals surface area contributed by atoms with Gasteiger partial charge in [0.1, 0.15) is 0 Å². The summed E-state index contributed by atoms with van der Waals surface area (Å²) in [6.07, 6.45) is 4.17. The highest BCUT2D eigenvalue weighted by Crippen LogP contribution is 2.33. The minimum absolute atomic E-state index is 0.0596. The molecule has 0 atom stereocenters. The monoisotopic (exact) mass is 264 g/mol. The van der Waals surface area contributed by atoms with Crippen molar-refractivity contribution in [3.63, 3.8) is 0 Å². The first kappa shape index (κ1) is 13.0. The Labute approximate surface area is 112 Å². The van der Waals surface area contributed by atoms with Gasteiger partial charge in [0.15, 0.2) is 0 Å². The molecule has 2 rings (SSSR count). The average molecular weight is 265 g/mol. The summed E-state index contributed by atoms with van der Waals surface area (Å²) in [5.41, 5.74) is 2.43. The maximum atomic E-state index is 11.9. The van der Waals surface area contributed by atoms with Crippen LogP contribution in [0.1, 0.15) is 25.3 Å². The number of benzene rings is 1. The molecule has 0 spiro atoms. The summed E-state index contributed by atoms with van der Waals surface area (Å²) >= 11 is 5.91. The van der Waals surface area contributed by atoms with Gasteiger partial charge in [-0.3, -0.25) is 4.79 Å². The van der Waals surface area contributed by atoms with Gasteiger partial charge < -0.3 is 10.2 Å². The highest BCUT2D eigenvalue weighted by atomic mass is 35.5. The van der Waals surface area contributed by atoms with Crippen LogP contribution in [-0.4, -0.2) is 24.4 Å². The molecule has 0 unspecified atom stereocenters. The van der Waals surface area contributed by atoms with Gasteiger partial charge in [-0.25, -0.2) is 0 Å². The molecule has 0 aliphatic carbocycles. The smallest absolute Gasteiger partial charge is 0.257 e. The topological polar surface area (TPSA) is 32.3 Å². The van der Waals surface area contributed by atoms with Crippen molar-refractivity contribution in [2.75, 3.05) is 18.9 Å². The van der Waals surface area contributed by atoms with Crippen molar-refractivity contribution in [1.29, 1.82) is 0 Å². The third-order valence-electron chi connectivity index (χ3n) is 2.98. The number of anilines is 1. The largest absolute Gasteiger partial charge is 0.380 e. The summed E-state index contributed by atoms with van der Waals surface area (Å²) in [6.45, 7) is 3.11. The van der Waals surface area contributed by atoms with Crippen LogP contribution in [0.5, 0.6) is 0 Å². The van der Waals surface area contributed by atoms with E-state index in [2.05, 4.69) is 17.1 Å². The lowest BCUT2D eigenvalue weighted by molar-refractivity contribution is -0.110. The highest BCUT2D eigenvalue weighted by Gasteiger charge is 2.24. The van der Waals surface area contributed by atoms with Gasteiger partial charge in [0.2, 0.25) is 0 Å². The molecule has 1 N–H and O–H groups in total. The van der Waals surface area contributed by atoms with Gasteiger partial charge in [-0.1, -0.05) is 31.0 Å². The fourth-order valence-corrected chi connectivity index (χ4v) is 2.16. The Bertz CT molecular complexity index is 497. The van der Waals surface area contributed by atoms with Crippen molar-refractivity contribution >= 4 is 28.8 Å². The van der Waals surface area contributed by atoms with Crippen molar-refractivity contribution in [3.05, 3.63) is 35.0 Å². The number of fused-ring (bicyclic) bond motifs is 1. The van der Waals surface area contributed by atoms with Crippen LogP contribution in [0.3, 0.4) is 0 Å². The van der Waals surface area contributed by atoms with Crippen LogP contribution in [0.25, 0.3) is 5.57 Å². The second kappa shape index (κ2) is 5.44. The maximum Gasteiger partial charge on any atom is 0.257 e. The third-order valence-corrected chi connectivity index (χ3v) is 3.21.